The van der Waals surface area contributed by atoms with E-state index in [2.05, 4.69) is 86.8 Å². The number of phosphoric acid groups is 1. The Bertz CT molecular complexity index is 1780. The van der Waals surface area contributed by atoms with Crippen molar-refractivity contribution in [2.75, 3.05) is 26.4 Å². The van der Waals surface area contributed by atoms with Crippen LogP contribution in [0.4, 0.5) is 0 Å². The van der Waals surface area contributed by atoms with Gasteiger partial charge in [-0.15, -0.1) is 0 Å². The van der Waals surface area contributed by atoms with Crippen LogP contribution in [0.2, 0.25) is 0 Å². The molecule has 0 fully saturated rings. The van der Waals surface area contributed by atoms with Crippen LogP contribution < -0.4 is 5.73 Å². The molecule has 10 heteroatoms. The van der Waals surface area contributed by atoms with Crippen LogP contribution in [0.25, 0.3) is 0 Å². The molecule has 0 radical (unpaired) electrons. The second-order valence-corrected chi connectivity index (χ2v) is 29.1. The topological polar surface area (TPSA) is 134 Å². The van der Waals surface area contributed by atoms with E-state index in [4.69, 9.17) is 24.3 Å². The molecule has 0 rings (SSSR count). The molecule has 0 spiro atoms. The van der Waals surface area contributed by atoms with E-state index in [1.54, 1.807) is 0 Å². The fourth-order valence-electron chi connectivity index (χ4n) is 12.4. The molecule has 0 heterocycles. The van der Waals surface area contributed by atoms with Gasteiger partial charge < -0.3 is 20.1 Å². The zero-order chi connectivity index (χ0) is 67.9. The normalized spacial score (nSPS) is 13.2. The van der Waals surface area contributed by atoms with Gasteiger partial charge in [0.1, 0.15) is 6.61 Å². The van der Waals surface area contributed by atoms with Crippen LogP contribution in [0.15, 0.2) is 72.9 Å². The molecule has 2 unspecified atom stereocenters. The third-order valence-corrected chi connectivity index (χ3v) is 19.3. The van der Waals surface area contributed by atoms with E-state index < -0.39 is 26.5 Å². The van der Waals surface area contributed by atoms with Crippen LogP contribution in [0.1, 0.15) is 418 Å². The lowest BCUT2D eigenvalue weighted by molar-refractivity contribution is -0.161. The van der Waals surface area contributed by atoms with Gasteiger partial charge in [-0.2, -0.15) is 0 Å². The molecule has 0 aromatic carbocycles. The van der Waals surface area contributed by atoms with E-state index >= 15 is 0 Å². The van der Waals surface area contributed by atoms with Gasteiger partial charge in [0.25, 0.3) is 0 Å². The highest BCUT2D eigenvalue weighted by Gasteiger charge is 2.26. The van der Waals surface area contributed by atoms with Crippen LogP contribution in [0, 0.1) is 0 Å². The highest BCUT2D eigenvalue weighted by Crippen LogP contribution is 2.43. The average molecular weight is 1340 g/mol. The van der Waals surface area contributed by atoms with Crippen molar-refractivity contribution in [2.24, 2.45) is 5.73 Å². The van der Waals surface area contributed by atoms with Gasteiger partial charge in [-0.1, -0.05) is 414 Å². The van der Waals surface area contributed by atoms with E-state index in [1.165, 1.54) is 308 Å². The summed E-state index contributed by atoms with van der Waals surface area (Å²) in [4.78, 5) is 35.5. The Hall–Kier alpha value is -2.55. The Kier molecular flexibility index (Phi) is 77.3. The van der Waals surface area contributed by atoms with Crippen molar-refractivity contribution in [3.63, 3.8) is 0 Å². The van der Waals surface area contributed by atoms with Crippen molar-refractivity contribution in [2.45, 2.75) is 424 Å². The first-order chi connectivity index (χ1) is 46.3. The molecule has 9 nitrogen and oxygen atoms in total. The molecule has 550 valence electrons. The van der Waals surface area contributed by atoms with Crippen LogP contribution in [-0.4, -0.2) is 49.3 Å². The number of hydrogen-bond acceptors (Lipinski definition) is 8. The summed E-state index contributed by atoms with van der Waals surface area (Å²) in [5, 5.41) is 0. The summed E-state index contributed by atoms with van der Waals surface area (Å²) < 4.78 is 33.3. The van der Waals surface area contributed by atoms with E-state index in [9.17, 15) is 19.0 Å². The van der Waals surface area contributed by atoms with Crippen molar-refractivity contribution in [3.05, 3.63) is 72.9 Å². The largest absolute Gasteiger partial charge is 0.472 e. The third kappa shape index (κ3) is 78.4. The van der Waals surface area contributed by atoms with Crippen LogP contribution >= 0.6 is 7.82 Å². The quantitative estimate of drug-likeness (QED) is 0.0264. The number of hydrogen-bond donors (Lipinski definition) is 2. The van der Waals surface area contributed by atoms with Gasteiger partial charge in [-0.05, 0) is 64.2 Å². The van der Waals surface area contributed by atoms with Gasteiger partial charge in [0.15, 0.2) is 6.10 Å². The number of rotatable bonds is 78. The van der Waals surface area contributed by atoms with Crippen molar-refractivity contribution < 1.29 is 37.6 Å². The molecule has 2 atom stereocenters. The molecule has 0 saturated heterocycles. The van der Waals surface area contributed by atoms with Gasteiger partial charge in [-0.25, -0.2) is 4.57 Å². The van der Waals surface area contributed by atoms with E-state index in [0.29, 0.717) is 6.42 Å². The lowest BCUT2D eigenvalue weighted by Crippen LogP contribution is -2.29. The molecule has 0 saturated carbocycles. The third-order valence-electron chi connectivity index (χ3n) is 18.4. The molecule has 0 bridgehead atoms. The molecular formula is C84H156NO8P. The number of unbranched alkanes of at least 4 members (excludes halogenated alkanes) is 53. The summed E-state index contributed by atoms with van der Waals surface area (Å²) in [7, 11) is -4.40. The van der Waals surface area contributed by atoms with Crippen molar-refractivity contribution in [1.29, 1.82) is 0 Å². The standard InChI is InChI=1S/C84H156NO8P/c1-3-5-7-9-11-13-15-17-19-21-23-25-27-29-31-33-35-37-38-39-40-41-42-43-45-46-48-50-52-54-56-58-60-62-64-66-68-70-72-74-76-83(86)90-80-82(81-92-94(88,89)91-79-78-85)93-84(87)77-75-73-71-69-67-65-63-61-59-57-55-53-51-49-47-44-36-34-32-30-28-26-24-22-20-18-16-14-12-10-8-6-4-2/h6,8,12,14,18,20,24,26,30,32,36,44,82H,3-5,7,9-11,13,15-17,19,21-23,25,27-29,31,33-35,37-43,45-81,85H2,1-2H3,(H,88,89)/b8-6-,14-12-,20-18-,26-24-,32-30-,44-36-. The van der Waals surface area contributed by atoms with Crippen LogP contribution in [0.3, 0.4) is 0 Å². The Morgan fingerprint density at radius 1 is 0.330 bits per heavy atom. The van der Waals surface area contributed by atoms with E-state index in [-0.39, 0.29) is 38.6 Å². The van der Waals surface area contributed by atoms with Gasteiger partial charge in [0.05, 0.1) is 13.2 Å². The highest BCUT2D eigenvalue weighted by atomic mass is 31.2. The zero-order valence-corrected chi connectivity index (χ0v) is 63.1. The van der Waals surface area contributed by atoms with Gasteiger partial charge in [0.2, 0.25) is 0 Å². The molecule has 0 aromatic rings. The summed E-state index contributed by atoms with van der Waals surface area (Å²) in [5.41, 5.74) is 5.42. The van der Waals surface area contributed by atoms with E-state index in [0.717, 1.165) is 77.0 Å². The fourth-order valence-corrected chi connectivity index (χ4v) is 13.1. The minimum Gasteiger partial charge on any atom is -0.462 e. The van der Waals surface area contributed by atoms with Crippen LogP contribution in [-0.2, 0) is 32.7 Å². The van der Waals surface area contributed by atoms with Crippen molar-refractivity contribution in [3.8, 4) is 0 Å². The maximum atomic E-state index is 12.8. The SMILES string of the molecule is CC/C=C\C/C=C\C/C=C\C/C=C\C/C=C\C/C=C\CCCCCCCCCCCCCCCCC(=O)OC(COC(=O)CCCCCCCCCCCCCCCCCCCCCCCCCCCCCCCCCCCCCCCCCC)COP(=O)(O)OCCN. The monoisotopic (exact) mass is 1340 g/mol. The van der Waals surface area contributed by atoms with Crippen molar-refractivity contribution in [1.82, 2.24) is 0 Å². The number of phosphoric ester groups is 1. The summed E-state index contributed by atoms with van der Waals surface area (Å²) >= 11 is 0. The maximum Gasteiger partial charge on any atom is 0.472 e. The first kappa shape index (κ1) is 91.4. The van der Waals surface area contributed by atoms with Gasteiger partial charge in [0, 0.05) is 19.4 Å². The predicted octanol–water partition coefficient (Wildman–Crippen LogP) is 27.5. The first-order valence-electron chi connectivity index (χ1n) is 40.9. The van der Waals surface area contributed by atoms with Crippen LogP contribution in [0.5, 0.6) is 0 Å². The Balaban J connectivity index is 3.75. The molecule has 3 N–H and O–H groups in total. The summed E-state index contributed by atoms with van der Waals surface area (Å²) in [6.07, 6.45) is 106. The Morgan fingerprint density at radius 3 is 0.872 bits per heavy atom. The molecule has 0 aliphatic rings. The maximum absolute atomic E-state index is 12.8. The minimum atomic E-state index is -4.40. The average Bonchev–Trinajstić information content (AvgIpc) is 3.51. The molecule has 0 amide bonds. The number of allylic oxidation sites excluding steroid dienone is 12. The minimum absolute atomic E-state index is 0.0534. The smallest absolute Gasteiger partial charge is 0.462 e. The van der Waals surface area contributed by atoms with E-state index in [1.807, 2.05) is 0 Å². The predicted molar refractivity (Wildman–Crippen MR) is 409 cm³/mol. The summed E-state index contributed by atoms with van der Waals surface area (Å²) in [5.74, 6) is -0.810. The zero-order valence-electron chi connectivity index (χ0n) is 62.2. The molecule has 0 aliphatic heterocycles. The number of esters is 2. The molecular weight excluding hydrogens is 1180 g/mol. The molecule has 94 heavy (non-hydrogen) atoms. The highest BCUT2D eigenvalue weighted by molar-refractivity contribution is 7.47. The lowest BCUT2D eigenvalue weighted by Gasteiger charge is -2.19. The Morgan fingerprint density at radius 2 is 0.585 bits per heavy atom. The number of carbonyl (C=O) groups excluding carboxylic acids is 2. The number of nitrogens with two attached hydrogens (primary N) is 1. The number of carbonyl (C=O) groups is 2. The lowest BCUT2D eigenvalue weighted by atomic mass is 10.0. The second-order valence-electron chi connectivity index (χ2n) is 27.6. The second kappa shape index (κ2) is 79.4. The Labute approximate surface area is 583 Å². The summed E-state index contributed by atoms with van der Waals surface area (Å²) in [6.45, 7) is 3.70. The fraction of sp³-hybridized carbons (Fsp3) is 0.833. The molecule has 0 aliphatic carbocycles. The van der Waals surface area contributed by atoms with Crippen molar-refractivity contribution >= 4 is 19.8 Å². The number of ether oxygens (including phenoxy) is 2. The first-order valence-corrected chi connectivity index (χ1v) is 42.4. The van der Waals surface area contributed by atoms with Gasteiger partial charge >= 0.3 is 19.8 Å². The van der Waals surface area contributed by atoms with Gasteiger partial charge in [-0.3, -0.25) is 18.6 Å². The summed E-state index contributed by atoms with van der Waals surface area (Å²) in [6, 6.07) is 0. The molecule has 0 aromatic heterocycles.